The first-order chi connectivity index (χ1) is 9.69. The molecule has 0 aliphatic carbocycles. The molecule has 0 fully saturated rings. The molecule has 1 aliphatic rings. The van der Waals surface area contributed by atoms with Crippen molar-refractivity contribution in [1.29, 1.82) is 0 Å². The molecular weight excluding hydrogens is 260 g/mol. The topological polar surface area (TPSA) is 35.2 Å². The maximum absolute atomic E-state index is 13.9. The van der Waals surface area contributed by atoms with Crippen molar-refractivity contribution in [2.75, 3.05) is 6.54 Å². The lowest BCUT2D eigenvalue weighted by Gasteiger charge is -2.12. The van der Waals surface area contributed by atoms with E-state index in [0.29, 0.717) is 36.3 Å². The van der Waals surface area contributed by atoms with Crippen molar-refractivity contribution >= 4 is 0 Å². The summed E-state index contributed by atoms with van der Waals surface area (Å²) in [6, 6.07) is 9.10. The highest BCUT2D eigenvalue weighted by atomic mass is 19.1. The van der Waals surface area contributed by atoms with Crippen LogP contribution in [0, 0.1) is 11.6 Å². The van der Waals surface area contributed by atoms with E-state index in [1.807, 2.05) is 0 Å². The van der Waals surface area contributed by atoms with E-state index in [-0.39, 0.29) is 17.7 Å². The minimum absolute atomic E-state index is 0.0534. The van der Waals surface area contributed by atoms with Crippen molar-refractivity contribution in [3.8, 4) is 16.9 Å². The Morgan fingerprint density at radius 3 is 2.70 bits per heavy atom. The Labute approximate surface area is 116 Å². The first-order valence-corrected chi connectivity index (χ1v) is 6.63. The van der Waals surface area contributed by atoms with Gasteiger partial charge in [-0.25, -0.2) is 8.78 Å². The van der Waals surface area contributed by atoms with Crippen LogP contribution >= 0.6 is 0 Å². The van der Waals surface area contributed by atoms with Gasteiger partial charge in [-0.15, -0.1) is 0 Å². The molecule has 3 rings (SSSR count). The number of ether oxygens (including phenoxy) is 1. The van der Waals surface area contributed by atoms with E-state index in [2.05, 4.69) is 0 Å². The molecule has 104 valence electrons. The average molecular weight is 275 g/mol. The van der Waals surface area contributed by atoms with Crippen molar-refractivity contribution in [1.82, 2.24) is 0 Å². The Balaban J connectivity index is 2.08. The minimum Gasteiger partial charge on any atom is -0.489 e. The van der Waals surface area contributed by atoms with E-state index >= 15 is 0 Å². The molecule has 0 amide bonds. The van der Waals surface area contributed by atoms with Crippen LogP contribution in [0.15, 0.2) is 36.4 Å². The second-order valence-electron chi connectivity index (χ2n) is 4.94. The summed E-state index contributed by atoms with van der Waals surface area (Å²) in [4.78, 5) is 0. The summed E-state index contributed by atoms with van der Waals surface area (Å²) in [6.45, 7) is 0.510. The average Bonchev–Trinajstić information content (AvgIpc) is 2.81. The van der Waals surface area contributed by atoms with Crippen molar-refractivity contribution < 1.29 is 13.5 Å². The normalized spacial score (nSPS) is 16.9. The van der Waals surface area contributed by atoms with Crippen LogP contribution in [-0.2, 0) is 6.42 Å². The molecule has 0 spiro atoms. The molecule has 4 heteroatoms. The van der Waals surface area contributed by atoms with E-state index in [9.17, 15) is 8.78 Å². The highest BCUT2D eigenvalue weighted by molar-refractivity contribution is 5.73. The molecule has 2 aromatic rings. The predicted octanol–water partition coefficient (Wildman–Crippen LogP) is 3.28. The Kier molecular flexibility index (Phi) is 3.40. The molecule has 0 bridgehead atoms. The third-order valence-electron chi connectivity index (χ3n) is 3.52. The Bertz CT molecular complexity index is 642. The molecule has 0 aromatic heterocycles. The SMILES string of the molecule is NCCC1Cc2cc(F)cc(-c3ccccc3F)c2O1. The van der Waals surface area contributed by atoms with Crippen LogP contribution in [0.4, 0.5) is 8.78 Å². The van der Waals surface area contributed by atoms with E-state index in [1.165, 1.54) is 18.2 Å². The molecule has 1 aliphatic heterocycles. The van der Waals surface area contributed by atoms with Crippen LogP contribution in [-0.4, -0.2) is 12.6 Å². The molecule has 0 saturated carbocycles. The van der Waals surface area contributed by atoms with E-state index < -0.39 is 0 Å². The Morgan fingerprint density at radius 1 is 1.15 bits per heavy atom. The van der Waals surface area contributed by atoms with E-state index in [1.54, 1.807) is 18.2 Å². The summed E-state index contributed by atoms with van der Waals surface area (Å²) in [5.41, 5.74) is 7.14. The van der Waals surface area contributed by atoms with Gasteiger partial charge < -0.3 is 10.5 Å². The van der Waals surface area contributed by atoms with Crippen LogP contribution in [0.25, 0.3) is 11.1 Å². The van der Waals surface area contributed by atoms with Gasteiger partial charge in [0.2, 0.25) is 0 Å². The molecule has 2 aromatic carbocycles. The molecule has 1 atom stereocenters. The fourth-order valence-corrected chi connectivity index (χ4v) is 2.62. The van der Waals surface area contributed by atoms with Gasteiger partial charge in [0.1, 0.15) is 23.5 Å². The van der Waals surface area contributed by atoms with Crippen molar-refractivity contribution in [3.05, 3.63) is 53.6 Å². The molecule has 0 saturated heterocycles. The number of nitrogens with two attached hydrogens (primary N) is 1. The lowest BCUT2D eigenvalue weighted by Crippen LogP contribution is -2.17. The van der Waals surface area contributed by atoms with Gasteiger partial charge in [-0.2, -0.15) is 0 Å². The third kappa shape index (κ3) is 2.27. The molecule has 1 heterocycles. The van der Waals surface area contributed by atoms with Gasteiger partial charge >= 0.3 is 0 Å². The minimum atomic E-state index is -0.383. The third-order valence-corrected chi connectivity index (χ3v) is 3.52. The predicted molar refractivity (Wildman–Crippen MR) is 73.6 cm³/mol. The number of benzene rings is 2. The highest BCUT2D eigenvalue weighted by Gasteiger charge is 2.27. The zero-order valence-corrected chi connectivity index (χ0v) is 10.9. The van der Waals surface area contributed by atoms with Gasteiger partial charge in [0, 0.05) is 23.1 Å². The number of hydrogen-bond donors (Lipinski definition) is 1. The molecular formula is C16H15F2NO. The van der Waals surface area contributed by atoms with Gasteiger partial charge in [0.05, 0.1) is 0 Å². The summed E-state index contributed by atoms with van der Waals surface area (Å²) in [6.07, 6.45) is 1.26. The summed E-state index contributed by atoms with van der Waals surface area (Å²) < 4.78 is 33.5. The number of halogens is 2. The second kappa shape index (κ2) is 5.21. The first-order valence-electron chi connectivity index (χ1n) is 6.63. The standard InChI is InChI=1S/C16H15F2NO/c17-11-7-10-8-12(5-6-19)20-16(10)14(9-11)13-3-1-2-4-15(13)18/h1-4,7,9,12H,5-6,8,19H2. The van der Waals surface area contributed by atoms with Crippen molar-refractivity contribution in [2.24, 2.45) is 5.73 Å². The second-order valence-corrected chi connectivity index (χ2v) is 4.94. The maximum Gasteiger partial charge on any atom is 0.131 e. The zero-order chi connectivity index (χ0) is 14.1. The fraction of sp³-hybridized carbons (Fsp3) is 0.250. The van der Waals surface area contributed by atoms with Gasteiger partial charge in [0.15, 0.2) is 0 Å². The molecule has 20 heavy (non-hydrogen) atoms. The monoisotopic (exact) mass is 275 g/mol. The largest absolute Gasteiger partial charge is 0.489 e. The summed E-state index contributed by atoms with van der Waals surface area (Å²) in [5.74, 6) is -0.180. The van der Waals surface area contributed by atoms with Gasteiger partial charge in [-0.1, -0.05) is 18.2 Å². The van der Waals surface area contributed by atoms with Gasteiger partial charge in [0.25, 0.3) is 0 Å². The van der Waals surface area contributed by atoms with Gasteiger partial charge in [-0.05, 0) is 31.2 Å². The van der Waals surface area contributed by atoms with Gasteiger partial charge in [-0.3, -0.25) is 0 Å². The Morgan fingerprint density at radius 2 is 1.95 bits per heavy atom. The van der Waals surface area contributed by atoms with Crippen molar-refractivity contribution in [3.63, 3.8) is 0 Å². The lowest BCUT2D eigenvalue weighted by molar-refractivity contribution is 0.225. The van der Waals surface area contributed by atoms with E-state index in [4.69, 9.17) is 10.5 Å². The van der Waals surface area contributed by atoms with E-state index in [0.717, 1.165) is 5.56 Å². The van der Waals surface area contributed by atoms with Crippen LogP contribution in [0.2, 0.25) is 0 Å². The highest BCUT2D eigenvalue weighted by Crippen LogP contribution is 2.40. The smallest absolute Gasteiger partial charge is 0.131 e. The molecule has 2 nitrogen and oxygen atoms in total. The summed E-state index contributed by atoms with van der Waals surface area (Å²) in [5, 5.41) is 0. The Hall–Kier alpha value is -1.94. The molecule has 0 radical (unpaired) electrons. The molecule has 2 N–H and O–H groups in total. The lowest BCUT2D eigenvalue weighted by atomic mass is 9.99. The summed E-state index contributed by atoms with van der Waals surface area (Å²) in [7, 11) is 0. The van der Waals surface area contributed by atoms with Crippen LogP contribution in [0.3, 0.4) is 0 Å². The molecule has 1 unspecified atom stereocenters. The first kappa shape index (κ1) is 13.1. The quantitative estimate of drug-likeness (QED) is 0.933. The van der Waals surface area contributed by atoms with Crippen LogP contribution in [0.1, 0.15) is 12.0 Å². The van der Waals surface area contributed by atoms with Crippen LogP contribution in [0.5, 0.6) is 5.75 Å². The fourth-order valence-electron chi connectivity index (χ4n) is 2.62. The maximum atomic E-state index is 13.9. The van der Waals surface area contributed by atoms with Crippen molar-refractivity contribution in [2.45, 2.75) is 18.9 Å². The summed E-state index contributed by atoms with van der Waals surface area (Å²) >= 11 is 0. The number of rotatable bonds is 3. The number of hydrogen-bond acceptors (Lipinski definition) is 2. The van der Waals surface area contributed by atoms with Crippen LogP contribution < -0.4 is 10.5 Å². The zero-order valence-electron chi connectivity index (χ0n) is 10.9. The number of fused-ring (bicyclic) bond motifs is 1.